The van der Waals surface area contributed by atoms with E-state index >= 15 is 0 Å². The smallest absolute Gasteiger partial charge is 0.406 e. The van der Waals surface area contributed by atoms with Gasteiger partial charge in [-0.05, 0) is 54.6 Å². The first-order valence-electron chi connectivity index (χ1n) is 14.8. The van der Waals surface area contributed by atoms with Crippen LogP contribution in [0.3, 0.4) is 0 Å². The molecule has 0 saturated carbocycles. The Hall–Kier alpha value is -6.13. The van der Waals surface area contributed by atoms with E-state index in [-0.39, 0.29) is 46.1 Å². The number of nitrogens with two attached hydrogens (primary N) is 1. The van der Waals surface area contributed by atoms with Crippen LogP contribution >= 0.6 is 0 Å². The molecule has 2 aromatic carbocycles. The van der Waals surface area contributed by atoms with Gasteiger partial charge in [0.1, 0.15) is 22.9 Å². The third-order valence-electron chi connectivity index (χ3n) is 6.93. The SMILES string of the molecule is CC(F)(F)c1nnc2cc(C(N)=O)c(-c3ccc(OC(F)(F)F)cc3)nn12.COCc1nc(-c2ccc(OC(F)(F)F)cc2)cn2c(C(C)(F)F)nnc12. The first-order chi connectivity index (χ1) is 25.0. The van der Waals surface area contributed by atoms with Crippen LogP contribution in [0.25, 0.3) is 33.8 Å². The Morgan fingerprint density at radius 2 is 1.26 bits per heavy atom. The summed E-state index contributed by atoms with van der Waals surface area (Å²) >= 11 is 0. The second kappa shape index (κ2) is 14.4. The van der Waals surface area contributed by atoms with Crippen LogP contribution in [0.2, 0.25) is 0 Å². The molecule has 0 aliphatic carbocycles. The van der Waals surface area contributed by atoms with Crippen molar-refractivity contribution in [1.82, 2.24) is 39.4 Å². The van der Waals surface area contributed by atoms with Crippen LogP contribution in [-0.2, 0) is 23.2 Å². The maximum Gasteiger partial charge on any atom is 0.573 e. The summed E-state index contributed by atoms with van der Waals surface area (Å²) in [5, 5.41) is 18.1. The van der Waals surface area contributed by atoms with Gasteiger partial charge in [-0.1, -0.05) is 0 Å². The number of primary amides is 1. The minimum absolute atomic E-state index is 0.0139. The van der Waals surface area contributed by atoms with E-state index in [1.807, 2.05) is 0 Å². The van der Waals surface area contributed by atoms with Crippen LogP contribution in [0, 0.1) is 0 Å². The number of amides is 1. The van der Waals surface area contributed by atoms with Crippen LogP contribution in [0.15, 0.2) is 60.8 Å². The zero-order valence-corrected chi connectivity index (χ0v) is 27.5. The third kappa shape index (κ3) is 9.08. The molecule has 0 spiro atoms. The average molecular weight is 776 g/mol. The number of alkyl halides is 10. The highest BCUT2D eigenvalue weighted by molar-refractivity contribution is 5.99. The van der Waals surface area contributed by atoms with Crippen LogP contribution in [0.1, 0.15) is 41.5 Å². The van der Waals surface area contributed by atoms with Gasteiger partial charge in [-0.25, -0.2) is 4.98 Å². The third-order valence-corrected chi connectivity index (χ3v) is 6.93. The van der Waals surface area contributed by atoms with Crippen molar-refractivity contribution in [1.29, 1.82) is 0 Å². The molecular formula is C31H23F10N9O4. The summed E-state index contributed by atoms with van der Waals surface area (Å²) < 4.78 is 143. The Morgan fingerprint density at radius 1 is 0.741 bits per heavy atom. The molecule has 6 rings (SSSR count). The van der Waals surface area contributed by atoms with Gasteiger partial charge in [-0.15, -0.1) is 46.7 Å². The molecule has 0 aliphatic rings. The van der Waals surface area contributed by atoms with E-state index in [2.05, 4.69) is 40.0 Å². The zero-order valence-electron chi connectivity index (χ0n) is 27.5. The number of hydrogen-bond donors (Lipinski definition) is 1. The number of ether oxygens (including phenoxy) is 3. The lowest BCUT2D eigenvalue weighted by Crippen LogP contribution is -2.18. The van der Waals surface area contributed by atoms with Gasteiger partial charge in [0.2, 0.25) is 11.6 Å². The van der Waals surface area contributed by atoms with Crippen LogP contribution in [0.4, 0.5) is 43.9 Å². The molecule has 1 amide bonds. The lowest BCUT2D eigenvalue weighted by Gasteiger charge is -2.12. The number of hydrogen-bond acceptors (Lipinski definition) is 10. The first kappa shape index (κ1) is 39.1. The van der Waals surface area contributed by atoms with E-state index < -0.39 is 53.6 Å². The second-order valence-electron chi connectivity index (χ2n) is 11.2. The molecule has 0 saturated heterocycles. The molecule has 0 fully saturated rings. The molecule has 286 valence electrons. The van der Waals surface area contributed by atoms with Crippen LogP contribution in [-0.4, -0.2) is 65.1 Å². The highest BCUT2D eigenvalue weighted by atomic mass is 19.4. The van der Waals surface area contributed by atoms with Gasteiger partial charge in [-0.3, -0.25) is 9.20 Å². The molecule has 2 N–H and O–H groups in total. The van der Waals surface area contributed by atoms with E-state index in [0.717, 1.165) is 39.2 Å². The van der Waals surface area contributed by atoms with Crippen molar-refractivity contribution < 1.29 is 62.9 Å². The lowest BCUT2D eigenvalue weighted by atomic mass is 10.1. The summed E-state index contributed by atoms with van der Waals surface area (Å²) in [6, 6.07) is 10.3. The minimum Gasteiger partial charge on any atom is -0.406 e. The summed E-state index contributed by atoms with van der Waals surface area (Å²) in [5.74, 6) is -9.83. The maximum atomic E-state index is 13.8. The molecule has 0 aliphatic heterocycles. The standard InChI is InChI=1S/C16H13F5N4O2.C15H10F5N5O2/c1-15(17,18)14-24-23-13-12(8-26-2)22-11(7-25(13)14)9-3-5-10(6-4-9)27-16(19,20)21;1-14(16,17)13-23-22-10-6-9(12(21)26)11(24-25(10)13)7-2-4-8(5-3-7)27-15(18,19)20/h3-7H,8H2,1-2H3;2-6H,1H3,(H2,21,26). The lowest BCUT2D eigenvalue weighted by molar-refractivity contribution is -0.275. The molecule has 6 aromatic rings. The van der Waals surface area contributed by atoms with Crippen molar-refractivity contribution in [3.05, 3.63) is 83.7 Å². The monoisotopic (exact) mass is 775 g/mol. The number of carbonyl (C=O) groups is 1. The van der Waals surface area contributed by atoms with Crippen molar-refractivity contribution in [2.24, 2.45) is 5.73 Å². The number of halogens is 10. The number of rotatable bonds is 9. The molecule has 4 aromatic heterocycles. The van der Waals surface area contributed by atoms with Crippen LogP contribution < -0.4 is 15.2 Å². The number of methoxy groups -OCH3 is 1. The van der Waals surface area contributed by atoms with Crippen LogP contribution in [0.5, 0.6) is 11.5 Å². The fourth-order valence-corrected chi connectivity index (χ4v) is 4.78. The van der Waals surface area contributed by atoms with E-state index in [4.69, 9.17) is 10.5 Å². The molecule has 54 heavy (non-hydrogen) atoms. The molecule has 0 bridgehead atoms. The quantitative estimate of drug-likeness (QED) is 0.154. The van der Waals surface area contributed by atoms with Gasteiger partial charge in [0.25, 0.3) is 5.91 Å². The molecule has 0 radical (unpaired) electrons. The molecule has 0 atom stereocenters. The van der Waals surface area contributed by atoms with Gasteiger partial charge >= 0.3 is 24.6 Å². The van der Waals surface area contributed by atoms with Gasteiger partial charge in [0.05, 0.1) is 17.9 Å². The fraction of sp³-hybridized carbons (Fsp3) is 0.258. The molecule has 13 nitrogen and oxygen atoms in total. The van der Waals surface area contributed by atoms with Crippen molar-refractivity contribution in [3.8, 4) is 34.0 Å². The molecule has 23 heteroatoms. The van der Waals surface area contributed by atoms with E-state index in [1.54, 1.807) is 0 Å². The highest BCUT2D eigenvalue weighted by Gasteiger charge is 2.34. The van der Waals surface area contributed by atoms with Gasteiger partial charge < -0.3 is 19.9 Å². The Bertz CT molecular complexity index is 2280. The summed E-state index contributed by atoms with van der Waals surface area (Å²) in [5.41, 5.74) is 6.01. The minimum atomic E-state index is -4.87. The first-order valence-corrected chi connectivity index (χ1v) is 14.8. The Balaban J connectivity index is 0.000000208. The molecular weight excluding hydrogens is 752 g/mol. The molecule has 4 heterocycles. The van der Waals surface area contributed by atoms with Crippen molar-refractivity contribution in [2.75, 3.05) is 7.11 Å². The number of benzene rings is 2. The zero-order chi connectivity index (χ0) is 39.8. The molecule has 0 unspecified atom stereocenters. The number of aromatic nitrogens is 8. The van der Waals surface area contributed by atoms with E-state index in [1.165, 1.54) is 37.6 Å². The second-order valence-corrected chi connectivity index (χ2v) is 11.2. The maximum absolute atomic E-state index is 13.8. The number of nitrogens with zero attached hydrogens (tertiary/aromatic N) is 8. The van der Waals surface area contributed by atoms with Crippen molar-refractivity contribution in [2.45, 2.75) is 45.0 Å². The largest absolute Gasteiger partial charge is 0.573 e. The summed E-state index contributed by atoms with van der Waals surface area (Å²) in [4.78, 5) is 16.0. The number of carbonyl (C=O) groups excluding carboxylic acids is 1. The predicted molar refractivity (Wildman–Crippen MR) is 164 cm³/mol. The van der Waals surface area contributed by atoms with Gasteiger partial charge in [-0.2, -0.15) is 27.2 Å². The normalized spacial score (nSPS) is 12.5. The Labute approximate surface area is 295 Å². The summed E-state index contributed by atoms with van der Waals surface area (Å²) in [6.45, 7) is 1.26. The topological polar surface area (TPSA) is 157 Å². The highest BCUT2D eigenvalue weighted by Crippen LogP contribution is 2.32. The summed E-state index contributed by atoms with van der Waals surface area (Å²) in [7, 11) is 1.40. The van der Waals surface area contributed by atoms with E-state index in [0.29, 0.717) is 19.4 Å². The van der Waals surface area contributed by atoms with Gasteiger partial charge in [0.15, 0.2) is 11.3 Å². The Morgan fingerprint density at radius 3 is 1.74 bits per heavy atom. The average Bonchev–Trinajstić information content (AvgIpc) is 3.69. The van der Waals surface area contributed by atoms with Crippen molar-refractivity contribution in [3.63, 3.8) is 0 Å². The summed E-state index contributed by atoms with van der Waals surface area (Å²) in [6.07, 6.45) is -8.39. The van der Waals surface area contributed by atoms with E-state index in [9.17, 15) is 48.7 Å². The Kier molecular flexibility index (Phi) is 10.4. The van der Waals surface area contributed by atoms with Crippen molar-refractivity contribution >= 4 is 17.2 Å². The van der Waals surface area contributed by atoms with Gasteiger partial charge in [0, 0.05) is 38.3 Å². The fourth-order valence-electron chi connectivity index (χ4n) is 4.78. The predicted octanol–water partition coefficient (Wildman–Crippen LogP) is 6.85. The number of fused-ring (bicyclic) bond motifs is 2.